The summed E-state index contributed by atoms with van der Waals surface area (Å²) in [5.74, 6) is 0. The van der Waals surface area contributed by atoms with Gasteiger partial charge in [-0.15, -0.1) is 0 Å². The molecule has 0 aliphatic carbocycles. The van der Waals surface area contributed by atoms with Crippen LogP contribution in [0.15, 0.2) is 24.3 Å². The van der Waals surface area contributed by atoms with Gasteiger partial charge in [0.2, 0.25) is 5.24 Å². The minimum atomic E-state index is -1.27. The molecule has 0 fully saturated rings. The Balaban J connectivity index is 3.40. The summed E-state index contributed by atoms with van der Waals surface area (Å²) in [4.78, 5) is 11.4. The maximum atomic E-state index is 11.4. The number of hydrogen-bond acceptors (Lipinski definition) is 2. The van der Waals surface area contributed by atoms with Crippen LogP contribution in [0.2, 0.25) is 0 Å². The van der Waals surface area contributed by atoms with Gasteiger partial charge in [-0.25, -0.2) is 0 Å². The van der Waals surface area contributed by atoms with Crippen LogP contribution >= 0.6 is 11.6 Å². The summed E-state index contributed by atoms with van der Waals surface area (Å²) in [6.45, 7) is 12.1. The molecule has 0 spiro atoms. The number of carbonyl (C=O) groups is 1. The molecule has 2 nitrogen and oxygen atoms in total. The second-order valence-electron chi connectivity index (χ2n) is 7.47. The van der Waals surface area contributed by atoms with Gasteiger partial charge < -0.3 is 5.11 Å². The summed E-state index contributed by atoms with van der Waals surface area (Å²) in [7, 11) is 0. The molecule has 112 valence electrons. The van der Waals surface area contributed by atoms with E-state index >= 15 is 0 Å². The van der Waals surface area contributed by atoms with Crippen molar-refractivity contribution in [3.8, 4) is 0 Å². The zero-order valence-electron chi connectivity index (χ0n) is 13.2. The molecule has 0 bridgehead atoms. The lowest BCUT2D eigenvalue weighted by molar-refractivity contribution is -0.124. The van der Waals surface area contributed by atoms with E-state index in [-0.39, 0.29) is 11.8 Å². The summed E-state index contributed by atoms with van der Waals surface area (Å²) in [5, 5.41) is 10.5. The molecule has 0 aliphatic heterocycles. The molecule has 1 N–H and O–H groups in total. The largest absolute Gasteiger partial charge is 0.384 e. The summed E-state index contributed by atoms with van der Waals surface area (Å²) in [6, 6.07) is 7.80. The quantitative estimate of drug-likeness (QED) is 0.841. The molecule has 1 atom stereocenters. The number of benzene rings is 1. The van der Waals surface area contributed by atoms with Gasteiger partial charge in [-0.05, 0) is 33.6 Å². The van der Waals surface area contributed by atoms with E-state index in [4.69, 9.17) is 11.6 Å². The summed E-state index contributed by atoms with van der Waals surface area (Å²) in [6.07, 6.45) is -0.0916. The minimum Gasteiger partial charge on any atom is -0.384 e. The number of carbonyl (C=O) groups excluding carboxylic acids is 1. The monoisotopic (exact) mass is 296 g/mol. The molecule has 1 rings (SSSR count). The first-order chi connectivity index (χ1) is 8.88. The van der Waals surface area contributed by atoms with Crippen molar-refractivity contribution in [2.75, 3.05) is 0 Å². The molecule has 0 saturated carbocycles. The predicted octanol–water partition coefficient (Wildman–Crippen LogP) is 4.37. The number of rotatable bonds is 3. The lowest BCUT2D eigenvalue weighted by Crippen LogP contribution is -2.41. The molecule has 0 aromatic heterocycles. The van der Waals surface area contributed by atoms with E-state index in [0.29, 0.717) is 0 Å². The van der Waals surface area contributed by atoms with Crippen molar-refractivity contribution in [1.29, 1.82) is 0 Å². The maximum absolute atomic E-state index is 11.4. The van der Waals surface area contributed by atoms with Crippen molar-refractivity contribution in [2.24, 2.45) is 5.41 Å². The molecular formula is C17H25ClO2. The van der Waals surface area contributed by atoms with E-state index in [1.165, 1.54) is 0 Å². The maximum Gasteiger partial charge on any atom is 0.224 e. The van der Waals surface area contributed by atoms with Crippen LogP contribution in [-0.4, -0.2) is 10.3 Å². The highest BCUT2D eigenvalue weighted by Crippen LogP contribution is 2.43. The van der Waals surface area contributed by atoms with Crippen molar-refractivity contribution in [3.05, 3.63) is 35.4 Å². The van der Waals surface area contributed by atoms with Crippen LogP contribution in [0.4, 0.5) is 0 Å². The first-order valence-electron chi connectivity index (χ1n) is 6.90. The fraction of sp³-hybridized carbons (Fsp3) is 0.588. The van der Waals surface area contributed by atoms with E-state index in [1.807, 2.05) is 45.0 Å². The lowest BCUT2D eigenvalue weighted by Gasteiger charge is -2.40. The molecule has 0 heterocycles. The Morgan fingerprint density at radius 3 is 2.00 bits per heavy atom. The van der Waals surface area contributed by atoms with E-state index < -0.39 is 16.3 Å². The van der Waals surface area contributed by atoms with Gasteiger partial charge in [-0.2, -0.15) is 0 Å². The Labute approximate surface area is 127 Å². The van der Waals surface area contributed by atoms with Crippen molar-refractivity contribution in [2.45, 2.75) is 59.0 Å². The van der Waals surface area contributed by atoms with Gasteiger partial charge in [-0.1, -0.05) is 65.8 Å². The van der Waals surface area contributed by atoms with Crippen LogP contribution in [0.1, 0.15) is 59.1 Å². The molecule has 20 heavy (non-hydrogen) atoms. The number of halogens is 1. The van der Waals surface area contributed by atoms with Gasteiger partial charge in [0.15, 0.2) is 0 Å². The SMILES string of the molecule is CC(C)(C)c1cccc(C(O)(CC(=O)Cl)C(C)(C)C)c1. The number of aliphatic hydroxyl groups is 1. The van der Waals surface area contributed by atoms with E-state index in [9.17, 15) is 9.90 Å². The molecule has 0 amide bonds. The van der Waals surface area contributed by atoms with Gasteiger partial charge in [-0.3, -0.25) is 4.79 Å². The minimum absolute atomic E-state index is 0.0141. The average molecular weight is 297 g/mol. The van der Waals surface area contributed by atoms with Gasteiger partial charge in [0.05, 0.1) is 6.42 Å². The van der Waals surface area contributed by atoms with Crippen LogP contribution in [0.25, 0.3) is 0 Å². The third-order valence-corrected chi connectivity index (χ3v) is 3.98. The third kappa shape index (κ3) is 3.62. The van der Waals surface area contributed by atoms with Crippen LogP contribution < -0.4 is 0 Å². The zero-order chi connectivity index (χ0) is 15.8. The molecule has 1 unspecified atom stereocenters. The fourth-order valence-corrected chi connectivity index (χ4v) is 2.44. The van der Waals surface area contributed by atoms with Crippen LogP contribution in [0.3, 0.4) is 0 Å². The molecule has 0 aliphatic rings. The van der Waals surface area contributed by atoms with Crippen LogP contribution in [0, 0.1) is 5.41 Å². The molecule has 0 radical (unpaired) electrons. The highest BCUT2D eigenvalue weighted by molar-refractivity contribution is 6.63. The van der Waals surface area contributed by atoms with E-state index in [2.05, 4.69) is 20.8 Å². The summed E-state index contributed by atoms with van der Waals surface area (Å²) < 4.78 is 0. The molecule has 0 saturated heterocycles. The summed E-state index contributed by atoms with van der Waals surface area (Å²) >= 11 is 5.55. The Morgan fingerprint density at radius 1 is 1.10 bits per heavy atom. The lowest BCUT2D eigenvalue weighted by atomic mass is 9.69. The number of hydrogen-bond donors (Lipinski definition) is 1. The molecule has 1 aromatic rings. The Kier molecular flexibility index (Phi) is 4.72. The van der Waals surface area contributed by atoms with Crippen molar-refractivity contribution >= 4 is 16.8 Å². The van der Waals surface area contributed by atoms with Crippen molar-refractivity contribution < 1.29 is 9.90 Å². The van der Waals surface area contributed by atoms with Crippen molar-refractivity contribution in [1.82, 2.24) is 0 Å². The topological polar surface area (TPSA) is 37.3 Å². The van der Waals surface area contributed by atoms with Gasteiger partial charge >= 0.3 is 0 Å². The van der Waals surface area contributed by atoms with Gasteiger partial charge in [0.1, 0.15) is 5.60 Å². The fourth-order valence-electron chi connectivity index (χ4n) is 2.24. The highest BCUT2D eigenvalue weighted by Gasteiger charge is 2.43. The van der Waals surface area contributed by atoms with E-state index in [0.717, 1.165) is 11.1 Å². The Bertz CT molecular complexity index is 494. The second-order valence-corrected chi connectivity index (χ2v) is 7.89. The second kappa shape index (κ2) is 5.50. The molecule has 3 heteroatoms. The average Bonchev–Trinajstić information content (AvgIpc) is 2.25. The van der Waals surface area contributed by atoms with Crippen LogP contribution in [-0.2, 0) is 15.8 Å². The van der Waals surface area contributed by atoms with Gasteiger partial charge in [0, 0.05) is 0 Å². The van der Waals surface area contributed by atoms with E-state index in [1.54, 1.807) is 0 Å². The Hall–Kier alpha value is -0.860. The standard InChI is InChI=1S/C17H25ClO2/c1-15(2,3)12-8-7-9-13(10-12)17(20,11-14(18)19)16(4,5)6/h7-10,20H,11H2,1-6H3. The Morgan fingerprint density at radius 2 is 1.60 bits per heavy atom. The predicted molar refractivity (Wildman–Crippen MR) is 84.0 cm³/mol. The van der Waals surface area contributed by atoms with Crippen molar-refractivity contribution in [3.63, 3.8) is 0 Å². The third-order valence-electron chi connectivity index (χ3n) is 3.84. The summed E-state index contributed by atoms with van der Waals surface area (Å²) in [5.41, 5.74) is 0.0899. The molecule has 1 aromatic carbocycles. The first-order valence-corrected chi connectivity index (χ1v) is 7.27. The molecular weight excluding hydrogens is 272 g/mol. The zero-order valence-corrected chi connectivity index (χ0v) is 14.0. The normalized spacial score (nSPS) is 15.8. The van der Waals surface area contributed by atoms with Crippen LogP contribution in [0.5, 0.6) is 0 Å². The smallest absolute Gasteiger partial charge is 0.224 e. The highest BCUT2D eigenvalue weighted by atomic mass is 35.5. The van der Waals surface area contributed by atoms with Gasteiger partial charge in [0.25, 0.3) is 0 Å². The first kappa shape index (κ1) is 17.2.